The molecule has 0 aliphatic rings. The highest BCUT2D eigenvalue weighted by atomic mass is 16.5. The number of para-hydroxylation sites is 2. The number of ether oxygens (including phenoxy) is 1. The zero-order valence-corrected chi connectivity index (χ0v) is 14.0. The number of hydrogen-bond donors (Lipinski definition) is 2. The SMILES string of the molecule is COCc1ccnn1Cc1ccc(C(=O)Nc2ccccc2N)cc1. The molecule has 3 rings (SSSR count). The van der Waals surface area contributed by atoms with Crippen molar-refractivity contribution >= 4 is 17.3 Å². The van der Waals surface area contributed by atoms with Gasteiger partial charge in [-0.25, -0.2) is 0 Å². The van der Waals surface area contributed by atoms with Crippen molar-refractivity contribution in [3.63, 3.8) is 0 Å². The number of amides is 1. The van der Waals surface area contributed by atoms with Crippen LogP contribution in [-0.2, 0) is 17.9 Å². The summed E-state index contributed by atoms with van der Waals surface area (Å²) in [5.74, 6) is -0.191. The van der Waals surface area contributed by atoms with Crippen LogP contribution in [0, 0.1) is 0 Å². The van der Waals surface area contributed by atoms with Crippen LogP contribution in [0.5, 0.6) is 0 Å². The van der Waals surface area contributed by atoms with Crippen molar-refractivity contribution in [2.45, 2.75) is 13.2 Å². The van der Waals surface area contributed by atoms with E-state index in [1.54, 1.807) is 37.6 Å². The topological polar surface area (TPSA) is 82.2 Å². The molecule has 0 aliphatic carbocycles. The Kier molecular flexibility index (Phi) is 5.11. The minimum atomic E-state index is -0.191. The Labute approximate surface area is 146 Å². The molecule has 2 aromatic carbocycles. The predicted octanol–water partition coefficient (Wildman–Crippen LogP) is 2.91. The molecule has 0 atom stereocenters. The van der Waals surface area contributed by atoms with E-state index in [-0.39, 0.29) is 5.91 Å². The van der Waals surface area contributed by atoms with Gasteiger partial charge in [0.15, 0.2) is 0 Å². The second kappa shape index (κ2) is 7.63. The molecule has 0 unspecified atom stereocenters. The lowest BCUT2D eigenvalue weighted by atomic mass is 10.1. The van der Waals surface area contributed by atoms with E-state index >= 15 is 0 Å². The van der Waals surface area contributed by atoms with Crippen LogP contribution in [0.15, 0.2) is 60.8 Å². The van der Waals surface area contributed by atoms with Crippen LogP contribution >= 0.6 is 0 Å². The van der Waals surface area contributed by atoms with E-state index in [9.17, 15) is 4.79 Å². The average Bonchev–Trinajstić information content (AvgIpc) is 3.05. The predicted molar refractivity (Wildman–Crippen MR) is 97.3 cm³/mol. The molecule has 0 bridgehead atoms. The van der Waals surface area contributed by atoms with Crippen LogP contribution in [0.4, 0.5) is 11.4 Å². The van der Waals surface area contributed by atoms with Crippen molar-refractivity contribution in [2.75, 3.05) is 18.2 Å². The number of nitrogens with two attached hydrogens (primary N) is 1. The Balaban J connectivity index is 1.68. The normalized spacial score (nSPS) is 10.6. The molecular weight excluding hydrogens is 316 g/mol. The van der Waals surface area contributed by atoms with E-state index in [1.165, 1.54) is 0 Å². The maximum atomic E-state index is 12.3. The molecule has 0 fully saturated rings. The molecule has 0 radical (unpaired) electrons. The standard InChI is InChI=1S/C19H20N4O2/c1-25-13-16-10-11-21-23(16)12-14-6-8-15(9-7-14)19(24)22-18-5-3-2-4-17(18)20/h2-11H,12-13,20H2,1H3,(H,22,24). The van der Waals surface area contributed by atoms with Gasteiger partial charge in [-0.1, -0.05) is 24.3 Å². The van der Waals surface area contributed by atoms with Crippen molar-refractivity contribution in [1.82, 2.24) is 9.78 Å². The number of rotatable bonds is 6. The lowest BCUT2D eigenvalue weighted by molar-refractivity contribution is 0.102. The van der Waals surface area contributed by atoms with Gasteiger partial charge in [0.1, 0.15) is 0 Å². The molecular formula is C19H20N4O2. The Bertz CT molecular complexity index is 856. The van der Waals surface area contributed by atoms with E-state index in [4.69, 9.17) is 10.5 Å². The van der Waals surface area contributed by atoms with Crippen molar-refractivity contribution in [1.29, 1.82) is 0 Å². The molecule has 0 aliphatic heterocycles. The third kappa shape index (κ3) is 4.05. The molecule has 0 spiro atoms. The second-order valence-corrected chi connectivity index (χ2v) is 5.65. The maximum absolute atomic E-state index is 12.3. The fourth-order valence-electron chi connectivity index (χ4n) is 2.51. The summed E-state index contributed by atoms with van der Waals surface area (Å²) in [5.41, 5.74) is 9.63. The van der Waals surface area contributed by atoms with Crippen molar-refractivity contribution in [3.05, 3.63) is 77.6 Å². The zero-order chi connectivity index (χ0) is 17.6. The molecule has 128 valence electrons. The quantitative estimate of drug-likeness (QED) is 0.678. The first-order valence-corrected chi connectivity index (χ1v) is 7.92. The lowest BCUT2D eigenvalue weighted by Crippen LogP contribution is -2.13. The van der Waals surface area contributed by atoms with E-state index in [0.29, 0.717) is 30.1 Å². The second-order valence-electron chi connectivity index (χ2n) is 5.65. The van der Waals surface area contributed by atoms with Gasteiger partial charge in [-0.05, 0) is 35.9 Å². The summed E-state index contributed by atoms with van der Waals surface area (Å²) in [6.07, 6.45) is 1.75. The molecule has 0 saturated carbocycles. The average molecular weight is 336 g/mol. The van der Waals surface area contributed by atoms with Gasteiger partial charge >= 0.3 is 0 Å². The molecule has 1 aromatic heterocycles. The summed E-state index contributed by atoms with van der Waals surface area (Å²) in [6, 6.07) is 16.5. The first kappa shape index (κ1) is 16.7. The third-order valence-corrected chi connectivity index (χ3v) is 3.85. The Morgan fingerprint density at radius 2 is 1.92 bits per heavy atom. The summed E-state index contributed by atoms with van der Waals surface area (Å²) in [5, 5.41) is 7.12. The highest BCUT2D eigenvalue weighted by Crippen LogP contribution is 2.18. The van der Waals surface area contributed by atoms with E-state index in [0.717, 1.165) is 11.3 Å². The molecule has 6 nitrogen and oxygen atoms in total. The van der Waals surface area contributed by atoms with Gasteiger partial charge in [0.05, 0.1) is 30.2 Å². The number of carbonyl (C=O) groups excluding carboxylic acids is 1. The summed E-state index contributed by atoms with van der Waals surface area (Å²) in [6.45, 7) is 1.14. The molecule has 3 N–H and O–H groups in total. The maximum Gasteiger partial charge on any atom is 0.255 e. The number of nitrogen functional groups attached to an aromatic ring is 1. The van der Waals surface area contributed by atoms with Crippen LogP contribution < -0.4 is 11.1 Å². The van der Waals surface area contributed by atoms with Gasteiger partial charge in [0, 0.05) is 18.9 Å². The van der Waals surface area contributed by atoms with Gasteiger partial charge in [0.25, 0.3) is 5.91 Å². The smallest absolute Gasteiger partial charge is 0.255 e. The van der Waals surface area contributed by atoms with Crippen LogP contribution in [0.3, 0.4) is 0 Å². The number of carbonyl (C=O) groups is 1. The molecule has 6 heteroatoms. The Morgan fingerprint density at radius 3 is 2.64 bits per heavy atom. The van der Waals surface area contributed by atoms with Crippen molar-refractivity contribution in [2.24, 2.45) is 0 Å². The van der Waals surface area contributed by atoms with Gasteiger partial charge in [0.2, 0.25) is 0 Å². The van der Waals surface area contributed by atoms with Crippen LogP contribution in [0.1, 0.15) is 21.6 Å². The minimum Gasteiger partial charge on any atom is -0.397 e. The molecule has 1 amide bonds. The Morgan fingerprint density at radius 1 is 1.16 bits per heavy atom. The minimum absolute atomic E-state index is 0.191. The van der Waals surface area contributed by atoms with Crippen LogP contribution in [-0.4, -0.2) is 22.8 Å². The molecule has 0 saturated heterocycles. The summed E-state index contributed by atoms with van der Waals surface area (Å²) in [7, 11) is 1.66. The third-order valence-electron chi connectivity index (χ3n) is 3.85. The number of hydrogen-bond acceptors (Lipinski definition) is 4. The summed E-state index contributed by atoms with van der Waals surface area (Å²) in [4.78, 5) is 12.3. The van der Waals surface area contributed by atoms with Crippen molar-refractivity contribution in [3.8, 4) is 0 Å². The Hall–Kier alpha value is -3.12. The first-order valence-electron chi connectivity index (χ1n) is 7.92. The first-order chi connectivity index (χ1) is 12.2. The summed E-state index contributed by atoms with van der Waals surface area (Å²) >= 11 is 0. The number of aromatic nitrogens is 2. The van der Waals surface area contributed by atoms with E-state index < -0.39 is 0 Å². The van der Waals surface area contributed by atoms with Crippen LogP contribution in [0.2, 0.25) is 0 Å². The molecule has 3 aromatic rings. The zero-order valence-electron chi connectivity index (χ0n) is 14.0. The van der Waals surface area contributed by atoms with E-state index in [1.807, 2.05) is 35.0 Å². The fraction of sp³-hybridized carbons (Fsp3) is 0.158. The largest absolute Gasteiger partial charge is 0.397 e. The van der Waals surface area contributed by atoms with Gasteiger partial charge < -0.3 is 15.8 Å². The number of anilines is 2. The van der Waals surface area contributed by atoms with Gasteiger partial charge in [-0.2, -0.15) is 5.10 Å². The van der Waals surface area contributed by atoms with Gasteiger partial charge in [-0.15, -0.1) is 0 Å². The van der Waals surface area contributed by atoms with Crippen molar-refractivity contribution < 1.29 is 9.53 Å². The monoisotopic (exact) mass is 336 g/mol. The van der Waals surface area contributed by atoms with E-state index in [2.05, 4.69) is 10.4 Å². The lowest BCUT2D eigenvalue weighted by Gasteiger charge is -2.09. The fourth-order valence-corrected chi connectivity index (χ4v) is 2.51. The highest BCUT2D eigenvalue weighted by Gasteiger charge is 2.08. The van der Waals surface area contributed by atoms with Crippen LogP contribution in [0.25, 0.3) is 0 Å². The summed E-state index contributed by atoms with van der Waals surface area (Å²) < 4.78 is 7.04. The number of nitrogens with one attached hydrogen (secondary N) is 1. The number of nitrogens with zero attached hydrogens (tertiary/aromatic N) is 2. The van der Waals surface area contributed by atoms with Gasteiger partial charge in [-0.3, -0.25) is 9.48 Å². The number of benzene rings is 2. The number of methoxy groups -OCH3 is 1. The molecule has 25 heavy (non-hydrogen) atoms. The molecule has 1 heterocycles. The highest BCUT2D eigenvalue weighted by molar-refractivity contribution is 6.05.